The number of hydrogen-bond donors (Lipinski definition) is 1. The minimum Gasteiger partial charge on any atom is -0.279 e. The Balaban J connectivity index is 2.03. The van der Waals surface area contributed by atoms with Gasteiger partial charge in [-0.3, -0.25) is 9.52 Å². The highest BCUT2D eigenvalue weighted by molar-refractivity contribution is 9.10. The molecule has 30 heavy (non-hydrogen) atoms. The summed E-state index contributed by atoms with van der Waals surface area (Å²) in [7, 11) is -6.95. The zero-order valence-electron chi connectivity index (χ0n) is 16.2. The third-order valence-electron chi connectivity index (χ3n) is 4.24. The summed E-state index contributed by atoms with van der Waals surface area (Å²) in [4.78, 5) is 13.4. The Bertz CT molecular complexity index is 1310. The number of sulfonamides is 1. The Labute approximate surface area is 184 Å². The van der Waals surface area contributed by atoms with Gasteiger partial charge in [0.2, 0.25) is 0 Å². The smallest absolute Gasteiger partial charge is 0.279 e. The quantitative estimate of drug-likeness (QED) is 0.534. The van der Waals surface area contributed by atoms with Gasteiger partial charge >= 0.3 is 0 Å². The van der Waals surface area contributed by atoms with E-state index in [2.05, 4.69) is 25.0 Å². The number of halogens is 1. The van der Waals surface area contributed by atoms with Crippen LogP contribution in [0.3, 0.4) is 0 Å². The Morgan fingerprint density at radius 1 is 0.867 bits per heavy atom. The van der Waals surface area contributed by atoms with Crippen molar-refractivity contribution in [2.45, 2.75) is 16.7 Å². The molecule has 0 fully saturated rings. The summed E-state index contributed by atoms with van der Waals surface area (Å²) in [5.74, 6) is -0.791. The zero-order valence-corrected chi connectivity index (χ0v) is 19.4. The van der Waals surface area contributed by atoms with E-state index in [1.165, 1.54) is 24.5 Å². The molecule has 156 valence electrons. The number of hydrogen-bond acceptors (Lipinski definition) is 4. The number of anilines is 1. The fraction of sp³-hybridized carbons (Fsp3) is 0.0952. The first-order valence-electron chi connectivity index (χ1n) is 8.80. The summed E-state index contributed by atoms with van der Waals surface area (Å²) in [5, 5.41) is 0. The first-order chi connectivity index (χ1) is 14.1. The lowest BCUT2D eigenvalue weighted by Gasteiger charge is -2.13. The molecular formula is C21H19BrN2O4S2. The number of benzene rings is 3. The number of carbonyl (C=O) groups excluding carboxylic acids is 1. The maximum absolute atomic E-state index is 13.0. The number of aryl methyl sites for hydroxylation is 1. The fourth-order valence-electron chi connectivity index (χ4n) is 2.68. The number of carbonyl (C=O) groups is 1. The molecule has 0 saturated carbocycles. The van der Waals surface area contributed by atoms with Crippen molar-refractivity contribution in [1.29, 1.82) is 0 Å². The summed E-state index contributed by atoms with van der Waals surface area (Å²) < 4.78 is 45.2. The lowest BCUT2D eigenvalue weighted by atomic mass is 10.2. The molecule has 0 bridgehead atoms. The molecule has 3 aromatic carbocycles. The Morgan fingerprint density at radius 2 is 1.50 bits per heavy atom. The first kappa shape index (κ1) is 22.2. The summed E-state index contributed by atoms with van der Waals surface area (Å²) in [6.45, 7) is 1.85. The number of nitrogens with one attached hydrogen (secondary N) is 1. The third kappa shape index (κ3) is 4.97. The van der Waals surface area contributed by atoms with Gasteiger partial charge in [-0.15, -0.1) is 0 Å². The van der Waals surface area contributed by atoms with E-state index in [9.17, 15) is 17.4 Å². The van der Waals surface area contributed by atoms with Crippen molar-refractivity contribution >= 4 is 47.3 Å². The largest absolute Gasteiger partial charge is 0.288 e. The molecule has 3 rings (SSSR count). The van der Waals surface area contributed by atoms with Gasteiger partial charge in [0, 0.05) is 15.6 Å². The number of amides is 1. The van der Waals surface area contributed by atoms with E-state index in [-0.39, 0.29) is 16.1 Å². The highest BCUT2D eigenvalue weighted by Gasteiger charge is 2.22. The van der Waals surface area contributed by atoms with Crippen LogP contribution in [0.4, 0.5) is 5.69 Å². The van der Waals surface area contributed by atoms with Crippen LogP contribution in [0.15, 0.2) is 91.4 Å². The molecule has 0 aliphatic heterocycles. The van der Waals surface area contributed by atoms with Crippen LogP contribution in [0.5, 0.6) is 0 Å². The summed E-state index contributed by atoms with van der Waals surface area (Å²) in [6, 6.07) is 19.4. The topological polar surface area (TPSA) is 92.7 Å². The van der Waals surface area contributed by atoms with Crippen LogP contribution in [0.1, 0.15) is 15.9 Å². The molecule has 9 heteroatoms. The summed E-state index contributed by atoms with van der Waals surface area (Å²) >= 11 is 3.28. The van der Waals surface area contributed by atoms with E-state index < -0.39 is 25.7 Å². The van der Waals surface area contributed by atoms with Gasteiger partial charge in [0.1, 0.15) is 0 Å². The van der Waals surface area contributed by atoms with Crippen LogP contribution in [0.2, 0.25) is 0 Å². The molecule has 0 aliphatic rings. The molecule has 3 aromatic rings. The fourth-order valence-corrected chi connectivity index (χ4v) is 5.46. The second-order valence-electron chi connectivity index (χ2n) is 6.59. The van der Waals surface area contributed by atoms with E-state index >= 15 is 0 Å². The third-order valence-corrected chi connectivity index (χ3v) is 7.94. The SMILES string of the molecule is Cc1ccc(S(=O)(=O)Nc2cccc(Br)c2C(=O)N=S(C)(=O)c2ccccc2)cc1. The molecule has 0 saturated heterocycles. The number of nitrogens with zero attached hydrogens (tertiary/aromatic N) is 1. The van der Waals surface area contributed by atoms with Gasteiger partial charge < -0.3 is 0 Å². The second kappa shape index (κ2) is 8.71. The van der Waals surface area contributed by atoms with Crippen molar-refractivity contribution in [1.82, 2.24) is 0 Å². The second-order valence-corrected chi connectivity index (χ2v) is 11.4. The Morgan fingerprint density at radius 3 is 2.13 bits per heavy atom. The molecule has 1 amide bonds. The van der Waals surface area contributed by atoms with Gasteiger partial charge in [-0.25, -0.2) is 12.6 Å². The van der Waals surface area contributed by atoms with E-state index in [1.54, 1.807) is 54.6 Å². The molecule has 1 atom stereocenters. The van der Waals surface area contributed by atoms with E-state index in [0.29, 0.717) is 9.37 Å². The van der Waals surface area contributed by atoms with E-state index in [0.717, 1.165) is 5.56 Å². The predicted octanol–water partition coefficient (Wildman–Crippen LogP) is 4.86. The van der Waals surface area contributed by atoms with Crippen LogP contribution in [-0.4, -0.2) is 24.8 Å². The minimum atomic E-state index is -3.93. The van der Waals surface area contributed by atoms with Crippen LogP contribution in [-0.2, 0) is 19.8 Å². The van der Waals surface area contributed by atoms with Crippen LogP contribution in [0, 0.1) is 6.92 Å². The van der Waals surface area contributed by atoms with Gasteiger partial charge in [0.25, 0.3) is 15.9 Å². The van der Waals surface area contributed by atoms with Crippen molar-refractivity contribution in [3.63, 3.8) is 0 Å². The van der Waals surface area contributed by atoms with Crippen LogP contribution in [0.25, 0.3) is 0 Å². The van der Waals surface area contributed by atoms with Crippen LogP contribution >= 0.6 is 15.9 Å². The standard InChI is InChI=1S/C21H19BrN2O4S2/c1-15-11-13-17(14-12-15)30(27,28)23-19-10-6-9-18(22)20(19)21(25)24-29(2,26)16-7-4-3-5-8-16/h3-14,23H,1-2H3. The minimum absolute atomic E-state index is 0.0151. The van der Waals surface area contributed by atoms with E-state index in [4.69, 9.17) is 0 Å². The van der Waals surface area contributed by atoms with Crippen molar-refractivity contribution in [2.24, 2.45) is 4.36 Å². The first-order valence-corrected chi connectivity index (χ1v) is 13.0. The molecule has 0 radical (unpaired) electrons. The molecule has 6 nitrogen and oxygen atoms in total. The molecule has 1 unspecified atom stereocenters. The van der Waals surface area contributed by atoms with Gasteiger partial charge in [-0.05, 0) is 59.3 Å². The van der Waals surface area contributed by atoms with E-state index in [1.807, 2.05) is 6.92 Å². The lowest BCUT2D eigenvalue weighted by Crippen LogP contribution is -2.16. The van der Waals surface area contributed by atoms with Gasteiger partial charge in [0.15, 0.2) is 0 Å². The van der Waals surface area contributed by atoms with Gasteiger partial charge in [0.05, 0.1) is 25.9 Å². The molecular weight excluding hydrogens is 488 g/mol. The summed E-state index contributed by atoms with van der Waals surface area (Å²) in [6.07, 6.45) is 1.37. The lowest BCUT2D eigenvalue weighted by molar-refractivity contribution is 0.100. The van der Waals surface area contributed by atoms with Gasteiger partial charge in [-0.1, -0.05) is 42.0 Å². The maximum atomic E-state index is 13.0. The molecule has 0 heterocycles. The molecule has 0 aromatic heterocycles. The highest BCUT2D eigenvalue weighted by atomic mass is 79.9. The molecule has 1 N–H and O–H groups in total. The zero-order chi connectivity index (χ0) is 21.9. The molecule has 0 aliphatic carbocycles. The summed E-state index contributed by atoms with van der Waals surface area (Å²) in [5.41, 5.74) is 0.949. The Kier molecular flexibility index (Phi) is 6.44. The normalized spacial score (nSPS) is 13.3. The molecule has 0 spiro atoms. The van der Waals surface area contributed by atoms with Crippen molar-refractivity contribution in [3.8, 4) is 0 Å². The van der Waals surface area contributed by atoms with Gasteiger partial charge in [-0.2, -0.15) is 4.36 Å². The van der Waals surface area contributed by atoms with Crippen LogP contribution < -0.4 is 4.72 Å². The van der Waals surface area contributed by atoms with Crippen molar-refractivity contribution in [2.75, 3.05) is 11.0 Å². The van der Waals surface area contributed by atoms with Crippen molar-refractivity contribution < 1.29 is 17.4 Å². The number of rotatable bonds is 5. The van der Waals surface area contributed by atoms with Crippen molar-refractivity contribution in [3.05, 3.63) is 88.4 Å². The average Bonchev–Trinajstić information content (AvgIpc) is 2.68. The monoisotopic (exact) mass is 506 g/mol. The maximum Gasteiger partial charge on any atom is 0.288 e. The highest BCUT2D eigenvalue weighted by Crippen LogP contribution is 2.29. The average molecular weight is 507 g/mol. The Hall–Kier alpha value is -2.49. The predicted molar refractivity (Wildman–Crippen MR) is 122 cm³/mol.